The van der Waals surface area contributed by atoms with Crippen molar-refractivity contribution in [3.8, 4) is 11.4 Å². The molecule has 1 aliphatic rings. The fraction of sp³-hybridized carbons (Fsp3) is 0.182. The largest absolute Gasteiger partial charge is 0.368 e. The maximum atomic E-state index is 5.98. The van der Waals surface area contributed by atoms with Crippen LogP contribution in [0.3, 0.4) is 0 Å². The first-order valence-corrected chi connectivity index (χ1v) is 9.72. The van der Waals surface area contributed by atoms with Crippen molar-refractivity contribution in [3.63, 3.8) is 0 Å². The van der Waals surface area contributed by atoms with Crippen LogP contribution in [-0.4, -0.2) is 36.3 Å². The van der Waals surface area contributed by atoms with Crippen molar-refractivity contribution in [2.75, 3.05) is 36.0 Å². The molecule has 1 aromatic heterocycles. The highest BCUT2D eigenvalue weighted by molar-refractivity contribution is 6.30. The Morgan fingerprint density at radius 2 is 1.50 bits per heavy atom. The van der Waals surface area contributed by atoms with Gasteiger partial charge in [-0.3, -0.25) is 0 Å². The van der Waals surface area contributed by atoms with Crippen LogP contribution < -0.4 is 9.80 Å². The average Bonchev–Trinajstić information content (AvgIpc) is 3.24. The molecule has 2 heterocycles. The Kier molecular flexibility index (Phi) is 4.37. The second kappa shape index (κ2) is 7.17. The van der Waals surface area contributed by atoms with Crippen LogP contribution in [0.15, 0.2) is 71.3 Å². The lowest BCUT2D eigenvalue weighted by molar-refractivity contribution is 0.409. The highest BCUT2D eigenvalue weighted by atomic mass is 35.5. The number of anilines is 2. The summed E-state index contributed by atoms with van der Waals surface area (Å²) in [6.45, 7) is 3.47. The monoisotopic (exact) mass is 390 g/mol. The lowest BCUT2D eigenvalue weighted by atomic mass is 10.1. The van der Waals surface area contributed by atoms with Gasteiger partial charge in [0.05, 0.1) is 0 Å². The van der Waals surface area contributed by atoms with Crippen molar-refractivity contribution in [1.29, 1.82) is 0 Å². The molecule has 3 aromatic carbocycles. The maximum Gasteiger partial charge on any atom is 0.324 e. The summed E-state index contributed by atoms with van der Waals surface area (Å²) in [5.74, 6) is 0.626. The number of hydrogen-bond donors (Lipinski definition) is 0. The smallest absolute Gasteiger partial charge is 0.324 e. The van der Waals surface area contributed by atoms with Crippen molar-refractivity contribution in [2.45, 2.75) is 0 Å². The summed E-state index contributed by atoms with van der Waals surface area (Å²) in [5.41, 5.74) is 2.15. The molecule has 4 aromatic rings. The molecular formula is C22H19ClN4O. The Balaban J connectivity index is 1.30. The van der Waals surface area contributed by atoms with Crippen molar-refractivity contribution in [3.05, 3.63) is 71.8 Å². The highest BCUT2D eigenvalue weighted by Crippen LogP contribution is 2.26. The molecule has 0 radical (unpaired) electrons. The second-order valence-corrected chi connectivity index (χ2v) is 7.35. The Bertz CT molecular complexity index is 1100. The molecule has 5 rings (SSSR count). The molecule has 1 fully saturated rings. The first kappa shape index (κ1) is 17.1. The summed E-state index contributed by atoms with van der Waals surface area (Å²) in [7, 11) is 0. The van der Waals surface area contributed by atoms with Crippen molar-refractivity contribution >= 4 is 34.1 Å². The summed E-state index contributed by atoms with van der Waals surface area (Å²) in [4.78, 5) is 9.12. The molecular weight excluding hydrogens is 372 g/mol. The van der Waals surface area contributed by atoms with Gasteiger partial charge in [-0.15, -0.1) is 0 Å². The van der Waals surface area contributed by atoms with E-state index in [9.17, 15) is 0 Å². The van der Waals surface area contributed by atoms with E-state index >= 15 is 0 Å². The molecule has 140 valence electrons. The lowest BCUT2D eigenvalue weighted by Crippen LogP contribution is -2.46. The zero-order valence-electron chi connectivity index (χ0n) is 15.3. The molecule has 28 heavy (non-hydrogen) atoms. The van der Waals surface area contributed by atoms with Crippen LogP contribution in [-0.2, 0) is 0 Å². The van der Waals surface area contributed by atoms with Crippen molar-refractivity contribution in [2.24, 2.45) is 0 Å². The second-order valence-electron chi connectivity index (χ2n) is 6.91. The molecule has 0 atom stereocenters. The summed E-state index contributed by atoms with van der Waals surface area (Å²) >= 11 is 5.98. The van der Waals surface area contributed by atoms with Gasteiger partial charge in [0.2, 0.25) is 5.82 Å². The number of halogens is 1. The van der Waals surface area contributed by atoms with E-state index in [-0.39, 0.29) is 0 Å². The fourth-order valence-electron chi connectivity index (χ4n) is 3.60. The molecule has 1 saturated heterocycles. The molecule has 0 amide bonds. The van der Waals surface area contributed by atoms with Crippen LogP contribution in [0, 0.1) is 0 Å². The van der Waals surface area contributed by atoms with E-state index in [1.165, 1.54) is 16.5 Å². The van der Waals surface area contributed by atoms with Gasteiger partial charge in [-0.2, -0.15) is 4.98 Å². The lowest BCUT2D eigenvalue weighted by Gasteiger charge is -2.35. The Labute approximate surface area is 168 Å². The normalized spacial score (nSPS) is 14.6. The Morgan fingerprint density at radius 3 is 2.29 bits per heavy atom. The van der Waals surface area contributed by atoms with Crippen LogP contribution in [0.25, 0.3) is 22.2 Å². The van der Waals surface area contributed by atoms with E-state index in [1.807, 2.05) is 30.3 Å². The van der Waals surface area contributed by atoms with Gasteiger partial charge in [0, 0.05) is 42.5 Å². The Morgan fingerprint density at radius 1 is 0.786 bits per heavy atom. The topological polar surface area (TPSA) is 45.4 Å². The minimum atomic E-state index is 0.582. The predicted molar refractivity (Wildman–Crippen MR) is 113 cm³/mol. The molecule has 0 bridgehead atoms. The first-order chi connectivity index (χ1) is 13.8. The third-order valence-electron chi connectivity index (χ3n) is 5.16. The molecule has 0 unspecified atom stereocenters. The van der Waals surface area contributed by atoms with Crippen LogP contribution in [0.1, 0.15) is 0 Å². The van der Waals surface area contributed by atoms with Gasteiger partial charge in [0.1, 0.15) is 0 Å². The SMILES string of the molecule is Clc1ccc(N2CCN(c3nc(-c4ccc5ccccc5c4)no3)CC2)cc1. The van der Waals surface area contributed by atoms with Gasteiger partial charge >= 0.3 is 6.01 Å². The number of aromatic nitrogens is 2. The summed E-state index contributed by atoms with van der Waals surface area (Å²) < 4.78 is 5.56. The molecule has 1 aliphatic heterocycles. The number of hydrogen-bond acceptors (Lipinski definition) is 5. The highest BCUT2D eigenvalue weighted by Gasteiger charge is 2.22. The fourth-order valence-corrected chi connectivity index (χ4v) is 3.72. The van der Waals surface area contributed by atoms with Gasteiger partial charge < -0.3 is 14.3 Å². The minimum Gasteiger partial charge on any atom is -0.368 e. The molecule has 0 aliphatic carbocycles. The molecule has 0 spiro atoms. The number of nitrogens with zero attached hydrogens (tertiary/aromatic N) is 4. The minimum absolute atomic E-state index is 0.582. The number of rotatable bonds is 3. The van der Waals surface area contributed by atoms with Gasteiger partial charge in [0.15, 0.2) is 0 Å². The standard InChI is InChI=1S/C22H19ClN4O/c23-19-7-9-20(10-8-19)26-11-13-27(14-12-26)22-24-21(25-28-22)18-6-5-16-3-1-2-4-17(16)15-18/h1-10,15H,11-14H2. The van der Waals surface area contributed by atoms with Crippen LogP contribution in [0.4, 0.5) is 11.7 Å². The van der Waals surface area contributed by atoms with E-state index in [1.54, 1.807) is 0 Å². The van der Waals surface area contributed by atoms with Crippen molar-refractivity contribution in [1.82, 2.24) is 10.1 Å². The van der Waals surface area contributed by atoms with E-state index in [0.717, 1.165) is 36.8 Å². The van der Waals surface area contributed by atoms with Crippen LogP contribution >= 0.6 is 11.6 Å². The Hall–Kier alpha value is -3.05. The van der Waals surface area contributed by atoms with Gasteiger partial charge in [-0.25, -0.2) is 0 Å². The van der Waals surface area contributed by atoms with E-state index in [4.69, 9.17) is 16.1 Å². The molecule has 0 N–H and O–H groups in total. The quantitative estimate of drug-likeness (QED) is 0.499. The molecule has 0 saturated carbocycles. The summed E-state index contributed by atoms with van der Waals surface area (Å²) in [6, 6.07) is 23.0. The molecule has 5 nitrogen and oxygen atoms in total. The van der Waals surface area contributed by atoms with Gasteiger partial charge in [0.25, 0.3) is 0 Å². The van der Waals surface area contributed by atoms with Gasteiger partial charge in [-0.1, -0.05) is 53.2 Å². The maximum absolute atomic E-state index is 5.98. The third kappa shape index (κ3) is 3.29. The number of benzene rings is 3. The zero-order valence-corrected chi connectivity index (χ0v) is 16.0. The van der Waals surface area contributed by atoms with E-state index in [0.29, 0.717) is 11.8 Å². The van der Waals surface area contributed by atoms with Gasteiger partial charge in [-0.05, 0) is 41.1 Å². The molecule has 6 heteroatoms. The number of piperazine rings is 1. The number of fused-ring (bicyclic) bond motifs is 1. The summed E-state index contributed by atoms with van der Waals surface area (Å²) in [6.07, 6.45) is 0. The van der Waals surface area contributed by atoms with Crippen LogP contribution in [0.2, 0.25) is 5.02 Å². The van der Waals surface area contributed by atoms with Crippen LogP contribution in [0.5, 0.6) is 0 Å². The predicted octanol–water partition coefficient (Wildman–Crippen LogP) is 4.87. The zero-order chi connectivity index (χ0) is 18.9. The van der Waals surface area contributed by atoms with E-state index < -0.39 is 0 Å². The van der Waals surface area contributed by atoms with E-state index in [2.05, 4.69) is 56.3 Å². The average molecular weight is 391 g/mol. The first-order valence-electron chi connectivity index (χ1n) is 9.35. The third-order valence-corrected chi connectivity index (χ3v) is 5.42. The summed E-state index contributed by atoms with van der Waals surface area (Å²) in [5, 5.41) is 7.33. The van der Waals surface area contributed by atoms with Crippen molar-refractivity contribution < 1.29 is 4.52 Å².